The number of aliphatic hydroxyl groups is 1. The van der Waals surface area contributed by atoms with E-state index in [9.17, 15) is 43.2 Å². The van der Waals surface area contributed by atoms with E-state index in [1.807, 2.05) is 0 Å². The topological polar surface area (TPSA) is 237 Å². The van der Waals surface area contributed by atoms with E-state index in [-0.39, 0.29) is 25.7 Å². The van der Waals surface area contributed by atoms with Gasteiger partial charge in [0.1, 0.15) is 19.3 Å². The molecule has 0 aliphatic rings. The van der Waals surface area contributed by atoms with E-state index in [1.54, 1.807) is 0 Å². The van der Waals surface area contributed by atoms with Gasteiger partial charge >= 0.3 is 39.5 Å². The number of hydrogen-bond donors (Lipinski definition) is 3. The van der Waals surface area contributed by atoms with Crippen LogP contribution in [0.5, 0.6) is 0 Å². The average Bonchev–Trinajstić information content (AvgIpc) is 0.897. The standard InChI is InChI=1S/C91H178O17P2/c1-7-10-12-14-16-18-20-22-23-26-34-39-45-51-57-63-69-75-90(95)107-86(79-101-88(93)73-67-61-55-49-43-21-19-17-15-13-11-8-2)81-105-109(97,98)103-77-85(92)78-104-110(99,100)106-82-87(80-102-89(94)74-68-62-56-50-44-38-33-30-29-31-36-41-47-53-59-65-71-83(4)5)108-91(96)76-70-64-58-52-46-40-35-28-25-24-27-32-37-42-48-54-60-66-72-84(6)9-3/h83-87,92H,7-82H2,1-6H3,(H,97,98)(H,99,100)/t84?,85-,86+,87+/m0/s1. The molecule has 3 unspecified atom stereocenters. The minimum absolute atomic E-state index is 0.109. The summed E-state index contributed by atoms with van der Waals surface area (Å²) in [7, 11) is -9.94. The van der Waals surface area contributed by atoms with Gasteiger partial charge in [0, 0.05) is 25.7 Å². The molecule has 17 nitrogen and oxygen atoms in total. The highest BCUT2D eigenvalue weighted by atomic mass is 31.2. The van der Waals surface area contributed by atoms with Crippen LogP contribution in [0.1, 0.15) is 491 Å². The van der Waals surface area contributed by atoms with Crippen molar-refractivity contribution in [1.82, 2.24) is 0 Å². The number of carbonyl (C=O) groups is 4. The molecule has 0 spiro atoms. The third kappa shape index (κ3) is 82.6. The Morgan fingerprint density at radius 1 is 0.264 bits per heavy atom. The zero-order valence-corrected chi connectivity index (χ0v) is 74.4. The molecule has 0 amide bonds. The van der Waals surface area contributed by atoms with E-state index >= 15 is 0 Å². The van der Waals surface area contributed by atoms with Crippen LogP contribution in [0.2, 0.25) is 0 Å². The molecule has 110 heavy (non-hydrogen) atoms. The normalized spacial score (nSPS) is 14.0. The average molecular weight is 1610 g/mol. The third-order valence-electron chi connectivity index (χ3n) is 21.8. The minimum Gasteiger partial charge on any atom is -0.462 e. The monoisotopic (exact) mass is 1610 g/mol. The zero-order valence-electron chi connectivity index (χ0n) is 72.6. The van der Waals surface area contributed by atoms with Crippen LogP contribution in [0.3, 0.4) is 0 Å². The van der Waals surface area contributed by atoms with Crippen molar-refractivity contribution in [2.24, 2.45) is 11.8 Å². The van der Waals surface area contributed by atoms with Gasteiger partial charge in [0.2, 0.25) is 0 Å². The molecule has 19 heteroatoms. The molecule has 0 fully saturated rings. The Balaban J connectivity index is 5.25. The maximum Gasteiger partial charge on any atom is 0.472 e. The molecule has 0 bridgehead atoms. The summed E-state index contributed by atoms with van der Waals surface area (Å²) < 4.78 is 69.1. The van der Waals surface area contributed by atoms with Gasteiger partial charge in [0.05, 0.1) is 26.4 Å². The van der Waals surface area contributed by atoms with Crippen LogP contribution < -0.4 is 0 Å². The van der Waals surface area contributed by atoms with Crippen molar-refractivity contribution >= 4 is 39.5 Å². The molecule has 0 saturated carbocycles. The molecule has 654 valence electrons. The first kappa shape index (κ1) is 108. The second-order valence-electron chi connectivity index (χ2n) is 33.4. The summed E-state index contributed by atoms with van der Waals surface area (Å²) in [6, 6.07) is 0. The fraction of sp³-hybridized carbons (Fsp3) is 0.956. The SMILES string of the molecule is CCCCCCCCCCCCCCCCCCCC(=O)O[C@H](COC(=O)CCCCCCCCCCCCCC)COP(=O)(O)OC[C@H](O)COP(=O)(O)OC[C@@H](COC(=O)CCCCCCCCCCCCCCCCCCC(C)C)OC(=O)CCCCCCCCCCCCCCCCCCCCC(C)CC. The number of phosphoric ester groups is 2. The van der Waals surface area contributed by atoms with Crippen molar-refractivity contribution < 1.29 is 80.2 Å². The first-order valence-corrected chi connectivity index (χ1v) is 50.0. The Labute approximate surface area is 677 Å². The molecule has 0 aromatic carbocycles. The van der Waals surface area contributed by atoms with Crippen molar-refractivity contribution in [3.8, 4) is 0 Å². The summed E-state index contributed by atoms with van der Waals surface area (Å²) in [6.07, 6.45) is 76.3. The van der Waals surface area contributed by atoms with Crippen LogP contribution in [0.15, 0.2) is 0 Å². The lowest BCUT2D eigenvalue weighted by Gasteiger charge is -2.21. The molecule has 0 aromatic rings. The van der Waals surface area contributed by atoms with Gasteiger partial charge < -0.3 is 33.8 Å². The highest BCUT2D eigenvalue weighted by molar-refractivity contribution is 7.47. The summed E-state index contributed by atoms with van der Waals surface area (Å²) in [5.41, 5.74) is 0. The van der Waals surface area contributed by atoms with Crippen molar-refractivity contribution in [1.29, 1.82) is 0 Å². The second-order valence-corrected chi connectivity index (χ2v) is 36.3. The number of ether oxygens (including phenoxy) is 4. The molecule has 6 atom stereocenters. The van der Waals surface area contributed by atoms with Crippen molar-refractivity contribution in [2.45, 2.75) is 509 Å². The second kappa shape index (κ2) is 82.2. The maximum absolute atomic E-state index is 13.2. The van der Waals surface area contributed by atoms with Crippen LogP contribution in [0.25, 0.3) is 0 Å². The van der Waals surface area contributed by atoms with Gasteiger partial charge in [0.15, 0.2) is 12.2 Å². The van der Waals surface area contributed by atoms with E-state index in [2.05, 4.69) is 41.5 Å². The van der Waals surface area contributed by atoms with E-state index < -0.39 is 97.5 Å². The Morgan fingerprint density at radius 3 is 0.691 bits per heavy atom. The van der Waals surface area contributed by atoms with E-state index in [0.29, 0.717) is 25.7 Å². The number of hydrogen-bond acceptors (Lipinski definition) is 15. The molecular weight excluding hydrogens is 1430 g/mol. The lowest BCUT2D eigenvalue weighted by Crippen LogP contribution is -2.30. The Kier molecular flexibility index (Phi) is 80.7. The lowest BCUT2D eigenvalue weighted by molar-refractivity contribution is -0.161. The number of carbonyl (C=O) groups excluding carboxylic acids is 4. The molecule has 0 aliphatic carbocycles. The van der Waals surface area contributed by atoms with Crippen LogP contribution >= 0.6 is 15.6 Å². The predicted molar refractivity (Wildman–Crippen MR) is 455 cm³/mol. The van der Waals surface area contributed by atoms with E-state index in [0.717, 1.165) is 102 Å². The predicted octanol–water partition coefficient (Wildman–Crippen LogP) is 28.2. The van der Waals surface area contributed by atoms with Gasteiger partial charge in [-0.2, -0.15) is 0 Å². The molecule has 0 radical (unpaired) electrons. The molecule has 0 heterocycles. The van der Waals surface area contributed by atoms with Gasteiger partial charge in [-0.25, -0.2) is 9.13 Å². The lowest BCUT2D eigenvalue weighted by atomic mass is 9.99. The van der Waals surface area contributed by atoms with Crippen LogP contribution in [0.4, 0.5) is 0 Å². The fourth-order valence-corrected chi connectivity index (χ4v) is 15.9. The summed E-state index contributed by atoms with van der Waals surface area (Å²) in [5, 5.41) is 10.7. The van der Waals surface area contributed by atoms with Gasteiger partial charge in [-0.15, -0.1) is 0 Å². The Hall–Kier alpha value is -1.94. The Morgan fingerprint density at radius 2 is 0.464 bits per heavy atom. The smallest absolute Gasteiger partial charge is 0.462 e. The van der Waals surface area contributed by atoms with Crippen molar-refractivity contribution in [3.63, 3.8) is 0 Å². The van der Waals surface area contributed by atoms with Gasteiger partial charge in [-0.05, 0) is 37.5 Å². The highest BCUT2D eigenvalue weighted by Crippen LogP contribution is 2.45. The molecule has 0 aliphatic heterocycles. The van der Waals surface area contributed by atoms with Crippen LogP contribution in [-0.4, -0.2) is 96.7 Å². The van der Waals surface area contributed by atoms with E-state index in [1.165, 1.54) is 308 Å². The highest BCUT2D eigenvalue weighted by Gasteiger charge is 2.31. The number of rotatable bonds is 90. The maximum atomic E-state index is 13.2. The largest absolute Gasteiger partial charge is 0.472 e. The number of phosphoric acid groups is 2. The quantitative estimate of drug-likeness (QED) is 0.0222. The summed E-state index contributed by atoms with van der Waals surface area (Å²) in [6.45, 7) is 9.81. The summed E-state index contributed by atoms with van der Waals surface area (Å²) in [5.74, 6) is -0.410. The van der Waals surface area contributed by atoms with Crippen molar-refractivity contribution in [2.75, 3.05) is 39.6 Å². The number of aliphatic hydroxyl groups excluding tert-OH is 1. The first-order chi connectivity index (χ1) is 53.4. The minimum atomic E-state index is -4.97. The fourth-order valence-electron chi connectivity index (χ4n) is 14.3. The summed E-state index contributed by atoms with van der Waals surface area (Å²) in [4.78, 5) is 73.4. The van der Waals surface area contributed by atoms with Gasteiger partial charge in [-0.1, -0.05) is 440 Å². The molecule has 0 rings (SSSR count). The number of unbranched alkanes of at least 4 members (excludes halogenated alkanes) is 59. The first-order valence-electron chi connectivity index (χ1n) is 47.0. The van der Waals surface area contributed by atoms with E-state index in [4.69, 9.17) is 37.0 Å². The molecule has 0 saturated heterocycles. The molecule has 3 N–H and O–H groups in total. The zero-order chi connectivity index (χ0) is 80.6. The van der Waals surface area contributed by atoms with Crippen LogP contribution in [0, 0.1) is 11.8 Å². The Bertz CT molecular complexity index is 2100. The van der Waals surface area contributed by atoms with Crippen molar-refractivity contribution in [3.05, 3.63) is 0 Å². The molecular formula is C91H178O17P2. The number of esters is 4. The molecule has 0 aromatic heterocycles. The van der Waals surface area contributed by atoms with Crippen LogP contribution in [-0.2, 0) is 65.4 Å². The van der Waals surface area contributed by atoms with Gasteiger partial charge in [0.25, 0.3) is 0 Å². The summed E-state index contributed by atoms with van der Waals surface area (Å²) >= 11 is 0. The van der Waals surface area contributed by atoms with Gasteiger partial charge in [-0.3, -0.25) is 37.3 Å². The third-order valence-corrected chi connectivity index (χ3v) is 23.7.